The average Bonchev–Trinajstić information content (AvgIpc) is 2.70. The quantitative estimate of drug-likeness (QED) is 0.507. The molecule has 9 heteroatoms. The van der Waals surface area contributed by atoms with Crippen LogP contribution in [-0.4, -0.2) is 57.2 Å². The number of ether oxygens (including phenoxy) is 2. The number of methoxy groups -OCH3 is 1. The van der Waals surface area contributed by atoms with E-state index in [-0.39, 0.29) is 18.2 Å². The monoisotopic (exact) mass is 412 g/mol. The molecule has 0 aliphatic carbocycles. The summed E-state index contributed by atoms with van der Waals surface area (Å²) in [5.74, 6) is 1.74. The van der Waals surface area contributed by atoms with Crippen molar-refractivity contribution in [3.63, 3.8) is 0 Å². The molecule has 1 aromatic carbocycles. The van der Waals surface area contributed by atoms with E-state index in [1.54, 1.807) is 19.2 Å². The summed E-state index contributed by atoms with van der Waals surface area (Å²) in [6, 6.07) is 4.62. The molecule has 1 heterocycles. The molecule has 7 nitrogen and oxygen atoms in total. The van der Waals surface area contributed by atoms with Crippen LogP contribution in [0.2, 0.25) is 0 Å². The Kier molecular flexibility index (Phi) is 8.95. The summed E-state index contributed by atoms with van der Waals surface area (Å²) in [7, 11) is 3.10. The molecule has 162 valence electrons. The highest BCUT2D eigenvalue weighted by molar-refractivity contribution is 5.81. The van der Waals surface area contributed by atoms with Gasteiger partial charge in [-0.25, -0.2) is 0 Å². The van der Waals surface area contributed by atoms with Crippen molar-refractivity contribution >= 4 is 11.9 Å². The van der Waals surface area contributed by atoms with E-state index in [1.165, 1.54) is 19.6 Å². The maximum Gasteiger partial charge on any atom is 0.387 e. The summed E-state index contributed by atoms with van der Waals surface area (Å²) in [6.45, 7) is 1.52. The SMILES string of the molecule is CN=C(NCCC(=O)N1CCCC(C)C1)NCc1cc(OC)ccc1OC(F)F. The third-order valence-corrected chi connectivity index (χ3v) is 4.79. The number of nitrogens with one attached hydrogen (secondary N) is 2. The lowest BCUT2D eigenvalue weighted by molar-refractivity contribution is -0.132. The third-order valence-electron chi connectivity index (χ3n) is 4.79. The number of hydrogen-bond acceptors (Lipinski definition) is 4. The van der Waals surface area contributed by atoms with E-state index in [1.807, 2.05) is 4.90 Å². The Bertz CT molecular complexity index is 700. The average molecular weight is 412 g/mol. The van der Waals surface area contributed by atoms with Crippen LogP contribution in [0.4, 0.5) is 8.78 Å². The molecule has 0 aromatic heterocycles. The van der Waals surface area contributed by atoms with Crippen molar-refractivity contribution in [2.45, 2.75) is 39.3 Å². The molecule has 0 saturated carbocycles. The fraction of sp³-hybridized carbons (Fsp3) is 0.600. The van der Waals surface area contributed by atoms with Gasteiger partial charge in [0.25, 0.3) is 0 Å². The van der Waals surface area contributed by atoms with E-state index in [4.69, 9.17) is 4.74 Å². The predicted octanol–water partition coefficient (Wildman–Crippen LogP) is 2.61. The van der Waals surface area contributed by atoms with E-state index in [9.17, 15) is 13.6 Å². The van der Waals surface area contributed by atoms with E-state index >= 15 is 0 Å². The Morgan fingerprint density at radius 3 is 2.83 bits per heavy atom. The number of guanidine groups is 1. The second kappa shape index (κ2) is 11.4. The first-order chi connectivity index (χ1) is 13.9. The first kappa shape index (κ1) is 22.7. The zero-order valence-electron chi connectivity index (χ0n) is 17.2. The smallest absolute Gasteiger partial charge is 0.387 e. The van der Waals surface area contributed by atoms with Crippen LogP contribution in [0.5, 0.6) is 11.5 Å². The molecule has 2 N–H and O–H groups in total. The number of piperidine rings is 1. The van der Waals surface area contributed by atoms with Gasteiger partial charge in [0.2, 0.25) is 5.91 Å². The number of aliphatic imine (C=N–C) groups is 1. The Hall–Kier alpha value is -2.58. The van der Waals surface area contributed by atoms with E-state index in [0.717, 1.165) is 19.5 Å². The van der Waals surface area contributed by atoms with Crippen molar-refractivity contribution in [3.05, 3.63) is 23.8 Å². The molecule has 29 heavy (non-hydrogen) atoms. The predicted molar refractivity (Wildman–Crippen MR) is 107 cm³/mol. The maximum atomic E-state index is 12.6. The number of benzene rings is 1. The van der Waals surface area contributed by atoms with Crippen molar-refractivity contribution in [2.75, 3.05) is 33.8 Å². The molecule has 0 spiro atoms. The molecule has 1 aliphatic heterocycles. The summed E-state index contributed by atoms with van der Waals surface area (Å²) in [5, 5.41) is 6.13. The van der Waals surface area contributed by atoms with Gasteiger partial charge in [-0.15, -0.1) is 0 Å². The lowest BCUT2D eigenvalue weighted by Gasteiger charge is -2.31. The standard InChI is InChI=1S/C20H30F2N4O3/c1-14-5-4-10-26(13-14)18(27)8-9-24-20(23-2)25-12-15-11-16(28-3)6-7-17(15)29-19(21)22/h6-7,11,14,19H,4-5,8-10,12-13H2,1-3H3,(H2,23,24,25). The number of rotatable bonds is 8. The minimum absolute atomic E-state index is 0.0677. The topological polar surface area (TPSA) is 75.2 Å². The van der Waals surface area contributed by atoms with Crippen molar-refractivity contribution < 1.29 is 23.0 Å². The second-order valence-corrected chi connectivity index (χ2v) is 7.04. The molecular weight excluding hydrogens is 382 g/mol. The third kappa shape index (κ3) is 7.40. The van der Waals surface area contributed by atoms with Gasteiger partial charge >= 0.3 is 6.61 Å². The van der Waals surface area contributed by atoms with Crippen molar-refractivity contribution in [1.82, 2.24) is 15.5 Å². The Balaban J connectivity index is 1.85. The van der Waals surface area contributed by atoms with Gasteiger partial charge in [0.1, 0.15) is 11.5 Å². The molecule has 1 saturated heterocycles. The molecule has 0 bridgehead atoms. The number of likely N-dealkylation sites (tertiary alicyclic amines) is 1. The van der Waals surface area contributed by atoms with Crippen LogP contribution in [0.25, 0.3) is 0 Å². The van der Waals surface area contributed by atoms with Crippen LogP contribution in [0, 0.1) is 5.92 Å². The minimum Gasteiger partial charge on any atom is -0.497 e. The van der Waals surface area contributed by atoms with Crippen LogP contribution in [0.1, 0.15) is 31.7 Å². The number of nitrogens with zero attached hydrogens (tertiary/aromatic N) is 2. The number of carbonyl (C=O) groups excluding carboxylic acids is 1. The van der Waals surface area contributed by atoms with Crippen LogP contribution < -0.4 is 20.1 Å². The number of hydrogen-bond donors (Lipinski definition) is 2. The fourth-order valence-electron chi connectivity index (χ4n) is 3.29. The number of carbonyl (C=O) groups is 1. The van der Waals surface area contributed by atoms with Crippen LogP contribution in [-0.2, 0) is 11.3 Å². The molecule has 1 fully saturated rings. The number of alkyl halides is 2. The molecule has 1 atom stereocenters. The molecule has 1 amide bonds. The molecule has 1 aromatic rings. The zero-order chi connectivity index (χ0) is 21.2. The van der Waals surface area contributed by atoms with E-state index < -0.39 is 6.61 Å². The summed E-state index contributed by atoms with van der Waals surface area (Å²) in [4.78, 5) is 18.4. The van der Waals surface area contributed by atoms with Crippen molar-refractivity contribution in [3.8, 4) is 11.5 Å². The lowest BCUT2D eigenvalue weighted by Crippen LogP contribution is -2.42. The van der Waals surface area contributed by atoms with Gasteiger partial charge < -0.3 is 25.0 Å². The molecule has 2 rings (SSSR count). The molecular formula is C20H30F2N4O3. The zero-order valence-corrected chi connectivity index (χ0v) is 17.2. The first-order valence-corrected chi connectivity index (χ1v) is 9.77. The van der Waals surface area contributed by atoms with Crippen LogP contribution in [0.3, 0.4) is 0 Å². The van der Waals surface area contributed by atoms with Gasteiger partial charge in [0, 0.05) is 45.2 Å². The van der Waals surface area contributed by atoms with Gasteiger partial charge in [-0.2, -0.15) is 8.78 Å². The fourth-order valence-corrected chi connectivity index (χ4v) is 3.29. The van der Waals surface area contributed by atoms with Crippen molar-refractivity contribution in [2.24, 2.45) is 10.9 Å². The highest BCUT2D eigenvalue weighted by Crippen LogP contribution is 2.25. The summed E-state index contributed by atoms with van der Waals surface area (Å²) < 4.78 is 34.9. The minimum atomic E-state index is -2.91. The highest BCUT2D eigenvalue weighted by Gasteiger charge is 2.20. The number of halogens is 2. The van der Waals surface area contributed by atoms with Gasteiger partial charge in [-0.3, -0.25) is 9.79 Å². The lowest BCUT2D eigenvalue weighted by atomic mass is 10.00. The Morgan fingerprint density at radius 2 is 2.17 bits per heavy atom. The van der Waals surface area contributed by atoms with Gasteiger partial charge in [0.15, 0.2) is 5.96 Å². The van der Waals surface area contributed by atoms with E-state index in [0.29, 0.717) is 36.2 Å². The summed E-state index contributed by atoms with van der Waals surface area (Å²) in [5.41, 5.74) is 0.506. The Labute approximate surface area is 170 Å². The van der Waals surface area contributed by atoms with Crippen LogP contribution in [0.15, 0.2) is 23.2 Å². The molecule has 1 aliphatic rings. The highest BCUT2D eigenvalue weighted by atomic mass is 19.3. The summed E-state index contributed by atoms with van der Waals surface area (Å²) >= 11 is 0. The second-order valence-electron chi connectivity index (χ2n) is 7.04. The summed E-state index contributed by atoms with van der Waals surface area (Å²) in [6.07, 6.45) is 2.58. The number of amides is 1. The van der Waals surface area contributed by atoms with Crippen molar-refractivity contribution in [1.29, 1.82) is 0 Å². The first-order valence-electron chi connectivity index (χ1n) is 9.77. The van der Waals surface area contributed by atoms with E-state index in [2.05, 4.69) is 27.3 Å². The van der Waals surface area contributed by atoms with Gasteiger partial charge in [-0.1, -0.05) is 6.92 Å². The largest absolute Gasteiger partial charge is 0.497 e. The van der Waals surface area contributed by atoms with Crippen LogP contribution >= 0.6 is 0 Å². The molecule has 1 unspecified atom stereocenters. The Morgan fingerprint density at radius 1 is 1.38 bits per heavy atom. The maximum absolute atomic E-state index is 12.6. The normalized spacial score (nSPS) is 17.2. The van der Waals surface area contributed by atoms with Gasteiger partial charge in [-0.05, 0) is 37.0 Å². The molecule has 0 radical (unpaired) electrons. The van der Waals surface area contributed by atoms with Gasteiger partial charge in [0.05, 0.1) is 7.11 Å².